The van der Waals surface area contributed by atoms with Gasteiger partial charge in [0.2, 0.25) is 0 Å². The van der Waals surface area contributed by atoms with Gasteiger partial charge in [0.25, 0.3) is 0 Å². The Balaban J connectivity index is 2.28. The molecule has 1 N–H and O–H groups in total. The summed E-state index contributed by atoms with van der Waals surface area (Å²) in [6.45, 7) is 0. The van der Waals surface area contributed by atoms with E-state index in [1.165, 1.54) is 0 Å². The first kappa shape index (κ1) is 6.54. The van der Waals surface area contributed by atoms with Crippen LogP contribution in [0.5, 0.6) is 0 Å². The van der Waals surface area contributed by atoms with Crippen molar-refractivity contribution < 1.29 is 0 Å². The van der Waals surface area contributed by atoms with Gasteiger partial charge in [-0.25, -0.2) is 5.01 Å². The quantitative estimate of drug-likeness (QED) is 0.571. The minimum Gasteiger partial charge on any atom is -0.268 e. The monoisotopic (exact) mass is 172 g/mol. The van der Waals surface area contributed by atoms with E-state index < -0.39 is 0 Å². The van der Waals surface area contributed by atoms with Crippen LogP contribution in [0.15, 0.2) is 41.8 Å². The van der Waals surface area contributed by atoms with Crippen molar-refractivity contribution in [3.8, 4) is 0 Å². The van der Waals surface area contributed by atoms with E-state index in [2.05, 4.69) is 10.5 Å². The molecule has 4 nitrogen and oxygen atoms in total. The number of nitrogens with one attached hydrogen (secondary N) is 1. The third-order valence-electron chi connectivity index (χ3n) is 2.05. The van der Waals surface area contributed by atoms with Gasteiger partial charge >= 0.3 is 0 Å². The SMILES string of the molecule is C1=CN2C=c3ccccc3=NN2N1. The van der Waals surface area contributed by atoms with Crippen LogP contribution in [0.25, 0.3) is 6.20 Å². The molecule has 3 rings (SSSR count). The van der Waals surface area contributed by atoms with Crippen LogP contribution in [0.1, 0.15) is 0 Å². The van der Waals surface area contributed by atoms with Crippen LogP contribution in [-0.2, 0) is 0 Å². The van der Waals surface area contributed by atoms with E-state index in [0.717, 1.165) is 10.6 Å². The van der Waals surface area contributed by atoms with Gasteiger partial charge in [0, 0.05) is 23.8 Å². The molecule has 0 fully saturated rings. The number of rotatable bonds is 0. The molecule has 2 heterocycles. The van der Waals surface area contributed by atoms with Gasteiger partial charge in [-0.3, -0.25) is 5.43 Å². The molecular weight excluding hydrogens is 164 g/mol. The molecule has 4 heteroatoms. The van der Waals surface area contributed by atoms with Gasteiger partial charge in [-0.15, -0.1) is 10.3 Å². The fourth-order valence-corrected chi connectivity index (χ4v) is 1.42. The maximum Gasteiger partial charge on any atom is 0.0960 e. The number of nitrogens with zero attached hydrogens (tertiary/aromatic N) is 3. The molecule has 0 aromatic heterocycles. The van der Waals surface area contributed by atoms with Gasteiger partial charge in [-0.1, -0.05) is 18.2 Å². The Morgan fingerprint density at radius 1 is 1.23 bits per heavy atom. The molecule has 0 bridgehead atoms. The Bertz CT molecular complexity index is 477. The Hall–Kier alpha value is -1.97. The second kappa shape index (κ2) is 2.26. The van der Waals surface area contributed by atoms with E-state index in [1.54, 1.807) is 5.23 Å². The standard InChI is InChI=1S/C9H8N4/c1-2-4-9-8(3-1)7-12-6-5-10-13(12)11-9/h1-7,10H. The number of hydrogen-bond donors (Lipinski definition) is 1. The molecule has 0 atom stereocenters. The van der Waals surface area contributed by atoms with Gasteiger partial charge < -0.3 is 0 Å². The van der Waals surface area contributed by atoms with Crippen molar-refractivity contribution in [2.24, 2.45) is 5.10 Å². The maximum absolute atomic E-state index is 4.36. The van der Waals surface area contributed by atoms with Crippen molar-refractivity contribution in [3.63, 3.8) is 0 Å². The molecule has 1 aromatic carbocycles. The molecule has 2 aliphatic heterocycles. The largest absolute Gasteiger partial charge is 0.268 e. The molecule has 64 valence electrons. The summed E-state index contributed by atoms with van der Waals surface area (Å²) < 4.78 is 0. The molecular formula is C9H8N4. The molecule has 13 heavy (non-hydrogen) atoms. The van der Waals surface area contributed by atoms with Crippen LogP contribution < -0.4 is 16.0 Å². The Kier molecular flexibility index (Phi) is 1.14. The average Bonchev–Trinajstić information content (AvgIpc) is 2.61. The summed E-state index contributed by atoms with van der Waals surface area (Å²) in [5, 5.41) is 10.0. The number of fused-ring (bicyclic) bond motifs is 2. The van der Waals surface area contributed by atoms with Gasteiger partial charge in [0.1, 0.15) is 0 Å². The lowest BCUT2D eigenvalue weighted by Crippen LogP contribution is -2.44. The highest BCUT2D eigenvalue weighted by atomic mass is 15.9. The zero-order valence-corrected chi connectivity index (χ0v) is 6.88. The van der Waals surface area contributed by atoms with E-state index in [1.807, 2.05) is 47.9 Å². The van der Waals surface area contributed by atoms with Crippen LogP contribution >= 0.6 is 0 Å². The van der Waals surface area contributed by atoms with Gasteiger partial charge in [-0.05, 0) is 6.07 Å². The maximum atomic E-state index is 4.36. The zero-order valence-electron chi connectivity index (χ0n) is 6.88. The van der Waals surface area contributed by atoms with Gasteiger partial charge in [0.05, 0.1) is 5.36 Å². The third kappa shape index (κ3) is 0.885. The lowest BCUT2D eigenvalue weighted by Gasteiger charge is -2.23. The number of hydrazine groups is 2. The van der Waals surface area contributed by atoms with Crippen molar-refractivity contribution in [2.75, 3.05) is 0 Å². The predicted octanol–water partition coefficient (Wildman–Crippen LogP) is -0.519. The summed E-state index contributed by atoms with van der Waals surface area (Å²) in [6, 6.07) is 8.02. The Morgan fingerprint density at radius 3 is 3.15 bits per heavy atom. The molecule has 0 amide bonds. The van der Waals surface area contributed by atoms with E-state index in [0.29, 0.717) is 0 Å². The van der Waals surface area contributed by atoms with Crippen LogP contribution in [0.2, 0.25) is 0 Å². The molecule has 0 aliphatic carbocycles. The first-order valence-corrected chi connectivity index (χ1v) is 4.10. The molecule has 0 saturated heterocycles. The zero-order chi connectivity index (χ0) is 8.67. The Labute approximate surface area is 75.0 Å². The fourth-order valence-electron chi connectivity index (χ4n) is 1.42. The summed E-state index contributed by atoms with van der Waals surface area (Å²) in [5.41, 5.74) is 2.98. The second-order valence-electron chi connectivity index (χ2n) is 2.90. The Morgan fingerprint density at radius 2 is 2.15 bits per heavy atom. The summed E-state index contributed by atoms with van der Waals surface area (Å²) in [6.07, 6.45) is 5.78. The van der Waals surface area contributed by atoms with E-state index in [9.17, 15) is 0 Å². The van der Waals surface area contributed by atoms with E-state index in [-0.39, 0.29) is 0 Å². The minimum absolute atomic E-state index is 0.981. The third-order valence-corrected chi connectivity index (χ3v) is 2.05. The molecule has 0 spiro atoms. The summed E-state index contributed by atoms with van der Waals surface area (Å²) >= 11 is 0. The number of benzene rings is 1. The average molecular weight is 172 g/mol. The first-order valence-electron chi connectivity index (χ1n) is 4.10. The summed E-state index contributed by atoms with van der Waals surface area (Å²) in [4.78, 5) is 0. The summed E-state index contributed by atoms with van der Waals surface area (Å²) in [5.74, 6) is 0. The highest BCUT2D eigenvalue weighted by Gasteiger charge is 2.13. The van der Waals surface area contributed by atoms with Crippen LogP contribution in [0, 0.1) is 0 Å². The van der Waals surface area contributed by atoms with E-state index in [4.69, 9.17) is 0 Å². The molecule has 0 saturated carbocycles. The summed E-state index contributed by atoms with van der Waals surface area (Å²) in [7, 11) is 0. The van der Waals surface area contributed by atoms with Crippen molar-refractivity contribution in [2.45, 2.75) is 0 Å². The van der Waals surface area contributed by atoms with Crippen LogP contribution in [0.3, 0.4) is 0 Å². The van der Waals surface area contributed by atoms with Crippen molar-refractivity contribution in [1.82, 2.24) is 15.7 Å². The van der Waals surface area contributed by atoms with Gasteiger partial charge in [0.15, 0.2) is 0 Å². The topological polar surface area (TPSA) is 30.9 Å². The normalized spacial score (nSPS) is 16.9. The lowest BCUT2D eigenvalue weighted by molar-refractivity contribution is 0.0601. The highest BCUT2D eigenvalue weighted by molar-refractivity contribution is 5.25. The van der Waals surface area contributed by atoms with Crippen LogP contribution in [-0.4, -0.2) is 10.2 Å². The minimum atomic E-state index is 0.981. The highest BCUT2D eigenvalue weighted by Crippen LogP contribution is 2.04. The molecule has 0 unspecified atom stereocenters. The lowest BCUT2D eigenvalue weighted by atomic mass is 10.3. The number of hydrogen-bond acceptors (Lipinski definition) is 4. The first-order chi connectivity index (χ1) is 6.43. The van der Waals surface area contributed by atoms with Crippen LogP contribution in [0.4, 0.5) is 0 Å². The van der Waals surface area contributed by atoms with Crippen molar-refractivity contribution >= 4 is 6.20 Å². The second-order valence-corrected chi connectivity index (χ2v) is 2.90. The molecule has 0 radical (unpaired) electrons. The fraction of sp³-hybridized carbons (Fsp3) is 0. The predicted molar refractivity (Wildman–Crippen MR) is 47.6 cm³/mol. The smallest absolute Gasteiger partial charge is 0.0960 e. The van der Waals surface area contributed by atoms with Crippen molar-refractivity contribution in [1.29, 1.82) is 0 Å². The molecule has 2 aliphatic rings. The molecule has 1 aromatic rings. The van der Waals surface area contributed by atoms with E-state index >= 15 is 0 Å². The van der Waals surface area contributed by atoms with Gasteiger partial charge in [-0.2, -0.15) is 0 Å². The van der Waals surface area contributed by atoms with Crippen molar-refractivity contribution in [3.05, 3.63) is 47.2 Å².